The molecule has 2 aromatic heterocycles. The van der Waals surface area contributed by atoms with Crippen molar-refractivity contribution in [1.29, 1.82) is 5.26 Å². The second-order valence-electron chi connectivity index (χ2n) is 6.09. The molecule has 136 valence electrons. The first-order valence-electron chi connectivity index (χ1n) is 8.37. The number of piperazine rings is 1. The van der Waals surface area contributed by atoms with Gasteiger partial charge in [0.1, 0.15) is 16.8 Å². The number of aryl methyl sites for hydroxylation is 1. The topological polar surface area (TPSA) is 97.2 Å². The van der Waals surface area contributed by atoms with Crippen LogP contribution in [-0.4, -0.2) is 59.0 Å². The molecule has 3 rings (SSSR count). The lowest BCUT2D eigenvalue weighted by molar-refractivity contribution is 0.136. The molecule has 26 heavy (non-hydrogen) atoms. The quantitative estimate of drug-likeness (QED) is 0.852. The zero-order valence-corrected chi connectivity index (χ0v) is 15.6. The summed E-state index contributed by atoms with van der Waals surface area (Å²) in [6, 6.07) is 6.14. The highest BCUT2D eigenvalue weighted by Crippen LogP contribution is 2.22. The molecule has 3 heterocycles. The van der Waals surface area contributed by atoms with Crippen molar-refractivity contribution in [2.75, 3.05) is 38.5 Å². The summed E-state index contributed by atoms with van der Waals surface area (Å²) in [6.07, 6.45) is 1.55. The Morgan fingerprint density at radius 2 is 2.12 bits per heavy atom. The summed E-state index contributed by atoms with van der Waals surface area (Å²) in [5, 5.41) is 15.4. The fourth-order valence-corrected chi connectivity index (χ4v) is 3.53. The minimum Gasteiger partial charge on any atom is -0.341 e. The second kappa shape index (κ2) is 8.12. The van der Waals surface area contributed by atoms with Crippen molar-refractivity contribution in [3.8, 4) is 6.07 Å². The molecule has 1 aliphatic rings. The third-order valence-electron chi connectivity index (χ3n) is 4.14. The van der Waals surface area contributed by atoms with Gasteiger partial charge in [-0.25, -0.2) is 14.8 Å². The smallest absolute Gasteiger partial charge is 0.317 e. The highest BCUT2D eigenvalue weighted by molar-refractivity contribution is 7.16. The number of urea groups is 1. The van der Waals surface area contributed by atoms with Crippen LogP contribution in [0.1, 0.15) is 16.1 Å². The van der Waals surface area contributed by atoms with E-state index in [0.29, 0.717) is 10.0 Å². The first-order chi connectivity index (χ1) is 12.6. The van der Waals surface area contributed by atoms with Gasteiger partial charge < -0.3 is 15.5 Å². The molecule has 8 nitrogen and oxygen atoms in total. The van der Waals surface area contributed by atoms with Crippen molar-refractivity contribution in [2.45, 2.75) is 13.5 Å². The van der Waals surface area contributed by atoms with Gasteiger partial charge in [0.2, 0.25) is 0 Å². The van der Waals surface area contributed by atoms with Crippen LogP contribution < -0.4 is 10.6 Å². The van der Waals surface area contributed by atoms with Gasteiger partial charge in [-0.05, 0) is 24.6 Å². The summed E-state index contributed by atoms with van der Waals surface area (Å²) in [6.45, 7) is 5.91. The van der Waals surface area contributed by atoms with E-state index in [1.165, 1.54) is 11.3 Å². The van der Waals surface area contributed by atoms with Crippen molar-refractivity contribution in [2.24, 2.45) is 0 Å². The number of thiazole rings is 1. The number of hydrogen-bond acceptors (Lipinski definition) is 7. The van der Waals surface area contributed by atoms with Gasteiger partial charge in [0.25, 0.3) is 0 Å². The Balaban J connectivity index is 1.63. The number of amides is 2. The summed E-state index contributed by atoms with van der Waals surface area (Å²) in [5.74, 6) is 0.725. The molecule has 0 atom stereocenters. The molecule has 0 aliphatic carbocycles. The molecular weight excluding hydrogens is 350 g/mol. The lowest BCUT2D eigenvalue weighted by Crippen LogP contribution is -2.50. The van der Waals surface area contributed by atoms with Crippen LogP contribution in [0.3, 0.4) is 0 Å². The van der Waals surface area contributed by atoms with Crippen molar-refractivity contribution < 1.29 is 4.79 Å². The Labute approximate surface area is 156 Å². The zero-order chi connectivity index (χ0) is 18.5. The molecule has 0 saturated carbocycles. The first kappa shape index (κ1) is 18.1. The van der Waals surface area contributed by atoms with Gasteiger partial charge in [-0.2, -0.15) is 5.26 Å². The molecule has 0 spiro atoms. The number of hydrogen-bond donors (Lipinski definition) is 2. The van der Waals surface area contributed by atoms with Crippen LogP contribution >= 0.6 is 11.3 Å². The maximum atomic E-state index is 11.7. The predicted octanol–water partition coefficient (Wildman–Crippen LogP) is 1.92. The Morgan fingerprint density at radius 3 is 2.77 bits per heavy atom. The van der Waals surface area contributed by atoms with Crippen LogP contribution in [0.15, 0.2) is 18.3 Å². The summed E-state index contributed by atoms with van der Waals surface area (Å²) in [5.41, 5.74) is 2.08. The molecule has 2 aromatic rings. The van der Waals surface area contributed by atoms with E-state index in [4.69, 9.17) is 5.26 Å². The van der Waals surface area contributed by atoms with Crippen LogP contribution in [0.25, 0.3) is 0 Å². The SMILES string of the molecule is CNC(=O)N1CCN(Cc2cc(C)nc(Nc3ncc(C#N)s3)c2)CC1. The minimum absolute atomic E-state index is 0.0175. The minimum atomic E-state index is -0.0175. The maximum absolute atomic E-state index is 11.7. The number of pyridine rings is 1. The van der Waals surface area contributed by atoms with Gasteiger partial charge in [0.15, 0.2) is 5.13 Å². The van der Waals surface area contributed by atoms with E-state index in [1.807, 2.05) is 17.9 Å². The van der Waals surface area contributed by atoms with Crippen molar-refractivity contribution in [3.63, 3.8) is 0 Å². The third kappa shape index (κ3) is 4.47. The van der Waals surface area contributed by atoms with E-state index in [0.717, 1.165) is 49.8 Å². The Bertz CT molecular complexity index is 821. The molecule has 2 amide bonds. The number of carbonyl (C=O) groups excluding carboxylic acids is 1. The lowest BCUT2D eigenvalue weighted by Gasteiger charge is -2.34. The molecule has 0 aromatic carbocycles. The summed E-state index contributed by atoms with van der Waals surface area (Å²) in [7, 11) is 1.66. The molecule has 0 radical (unpaired) electrons. The monoisotopic (exact) mass is 371 g/mol. The van der Waals surface area contributed by atoms with E-state index in [-0.39, 0.29) is 6.03 Å². The number of nitrogens with one attached hydrogen (secondary N) is 2. The van der Waals surface area contributed by atoms with E-state index < -0.39 is 0 Å². The van der Waals surface area contributed by atoms with Crippen LogP contribution in [0.2, 0.25) is 0 Å². The third-order valence-corrected chi connectivity index (χ3v) is 4.96. The van der Waals surface area contributed by atoms with Crippen LogP contribution in [0.4, 0.5) is 15.7 Å². The molecule has 9 heteroatoms. The second-order valence-corrected chi connectivity index (χ2v) is 7.12. The molecule has 0 unspecified atom stereocenters. The standard InChI is InChI=1S/C17H21N7OS/c1-12-7-13(11-23-3-5-24(6-4-23)17(25)19-2)8-15(21-12)22-16-20-10-14(9-18)26-16/h7-8,10H,3-6,11H2,1-2H3,(H,19,25)(H,20,21,22). The number of nitriles is 1. The molecule has 2 N–H and O–H groups in total. The van der Waals surface area contributed by atoms with Gasteiger partial charge in [-0.3, -0.25) is 4.90 Å². The summed E-state index contributed by atoms with van der Waals surface area (Å²) < 4.78 is 0. The van der Waals surface area contributed by atoms with Crippen LogP contribution in [0.5, 0.6) is 0 Å². The summed E-state index contributed by atoms with van der Waals surface area (Å²) >= 11 is 1.30. The molecule has 1 saturated heterocycles. The zero-order valence-electron chi connectivity index (χ0n) is 14.8. The van der Waals surface area contributed by atoms with E-state index in [9.17, 15) is 4.79 Å². The molecule has 0 bridgehead atoms. The number of aromatic nitrogens is 2. The normalized spacial score (nSPS) is 14.7. The molecule has 1 fully saturated rings. The predicted molar refractivity (Wildman–Crippen MR) is 100 cm³/mol. The number of anilines is 2. The molecular formula is C17H21N7OS. The summed E-state index contributed by atoms with van der Waals surface area (Å²) in [4.78, 5) is 25.1. The van der Waals surface area contributed by atoms with Crippen molar-refractivity contribution in [1.82, 2.24) is 25.1 Å². The average molecular weight is 371 g/mol. The molecule has 1 aliphatic heterocycles. The van der Waals surface area contributed by atoms with Gasteiger partial charge in [-0.15, -0.1) is 0 Å². The Hall–Kier alpha value is -2.70. The first-order valence-corrected chi connectivity index (χ1v) is 9.18. The van der Waals surface area contributed by atoms with Crippen molar-refractivity contribution >= 4 is 28.3 Å². The fourth-order valence-electron chi connectivity index (χ4n) is 2.91. The van der Waals surface area contributed by atoms with Crippen LogP contribution in [0, 0.1) is 18.3 Å². The van der Waals surface area contributed by atoms with E-state index in [2.05, 4.69) is 37.6 Å². The van der Waals surface area contributed by atoms with Crippen molar-refractivity contribution in [3.05, 3.63) is 34.5 Å². The highest BCUT2D eigenvalue weighted by atomic mass is 32.1. The van der Waals surface area contributed by atoms with E-state index >= 15 is 0 Å². The lowest BCUT2D eigenvalue weighted by atomic mass is 10.2. The maximum Gasteiger partial charge on any atom is 0.317 e. The fraction of sp³-hybridized carbons (Fsp3) is 0.412. The van der Waals surface area contributed by atoms with Gasteiger partial charge in [0.05, 0.1) is 6.20 Å². The van der Waals surface area contributed by atoms with Gasteiger partial charge in [0, 0.05) is 45.5 Å². The van der Waals surface area contributed by atoms with Gasteiger partial charge in [-0.1, -0.05) is 11.3 Å². The number of nitrogens with zero attached hydrogens (tertiary/aromatic N) is 5. The Kier molecular flexibility index (Phi) is 5.65. The number of rotatable bonds is 4. The largest absolute Gasteiger partial charge is 0.341 e. The van der Waals surface area contributed by atoms with Crippen LogP contribution in [-0.2, 0) is 6.54 Å². The van der Waals surface area contributed by atoms with E-state index in [1.54, 1.807) is 13.2 Å². The van der Waals surface area contributed by atoms with Gasteiger partial charge >= 0.3 is 6.03 Å². The average Bonchev–Trinajstić information content (AvgIpc) is 3.08. The highest BCUT2D eigenvalue weighted by Gasteiger charge is 2.20. The Morgan fingerprint density at radius 1 is 1.35 bits per heavy atom. The number of carbonyl (C=O) groups is 1.